The van der Waals surface area contributed by atoms with Gasteiger partial charge >= 0.3 is 0 Å². The van der Waals surface area contributed by atoms with Crippen LogP contribution in [0.1, 0.15) is 0 Å². The van der Waals surface area contributed by atoms with Gasteiger partial charge in [0.05, 0.1) is 5.69 Å². The molecule has 2 heterocycles. The minimum atomic E-state index is 0.226. The summed E-state index contributed by atoms with van der Waals surface area (Å²) >= 11 is 6.19. The molecule has 0 unspecified atom stereocenters. The molecule has 0 bridgehead atoms. The molecule has 3 nitrogen and oxygen atoms in total. The zero-order valence-corrected chi connectivity index (χ0v) is 14.9. The third-order valence-corrected chi connectivity index (χ3v) is 4.86. The molecule has 27 heavy (non-hydrogen) atoms. The zero-order chi connectivity index (χ0) is 18.4. The smallest absolute Gasteiger partial charge is 0.161 e. The van der Waals surface area contributed by atoms with E-state index in [0.29, 0.717) is 5.02 Å². The van der Waals surface area contributed by atoms with E-state index in [1.165, 1.54) is 0 Å². The molecule has 0 aliphatic rings. The van der Waals surface area contributed by atoms with Crippen molar-refractivity contribution in [2.45, 2.75) is 0 Å². The molecule has 0 saturated carbocycles. The first-order chi connectivity index (χ1) is 13.2. The maximum atomic E-state index is 9.64. The van der Waals surface area contributed by atoms with Crippen LogP contribution < -0.4 is 0 Å². The number of fused-ring (bicyclic) bond motifs is 3. The van der Waals surface area contributed by atoms with Gasteiger partial charge in [0.2, 0.25) is 0 Å². The lowest BCUT2D eigenvalue weighted by Gasteiger charge is -2.08. The molecule has 3 aromatic carbocycles. The predicted octanol–water partition coefficient (Wildman–Crippen LogP) is 6.67. The fraction of sp³-hybridized carbons (Fsp3) is 0. The van der Waals surface area contributed by atoms with Crippen molar-refractivity contribution in [3.8, 4) is 28.1 Å². The summed E-state index contributed by atoms with van der Waals surface area (Å²) in [5.41, 5.74) is 5.96. The average molecular weight is 372 g/mol. The fourth-order valence-electron chi connectivity index (χ4n) is 3.33. The molecule has 5 aromatic rings. The van der Waals surface area contributed by atoms with E-state index < -0.39 is 0 Å². The van der Waals surface area contributed by atoms with Gasteiger partial charge in [0.25, 0.3) is 0 Å². The Morgan fingerprint density at radius 3 is 2.44 bits per heavy atom. The topological polar surface area (TPSA) is 46.3 Å². The highest BCUT2D eigenvalue weighted by Gasteiger charge is 2.16. The number of hydrogen-bond acceptors (Lipinski definition) is 3. The summed E-state index contributed by atoms with van der Waals surface area (Å²) in [7, 11) is 0. The summed E-state index contributed by atoms with van der Waals surface area (Å²) in [6, 6.07) is 24.6. The number of para-hydroxylation sites is 1. The van der Waals surface area contributed by atoms with Crippen molar-refractivity contribution in [1.82, 2.24) is 4.98 Å². The van der Waals surface area contributed by atoms with Crippen LogP contribution in [0.2, 0.25) is 5.02 Å². The average Bonchev–Trinajstić information content (AvgIpc) is 3.07. The number of benzene rings is 3. The van der Waals surface area contributed by atoms with E-state index in [4.69, 9.17) is 21.0 Å². The van der Waals surface area contributed by atoms with Gasteiger partial charge in [0, 0.05) is 21.5 Å². The number of nitrogens with zero attached hydrogens (tertiary/aromatic N) is 1. The van der Waals surface area contributed by atoms with Crippen LogP contribution in [0.15, 0.2) is 83.3 Å². The lowest BCUT2D eigenvalue weighted by Crippen LogP contribution is -1.88. The van der Waals surface area contributed by atoms with Gasteiger partial charge in [-0.3, -0.25) is 0 Å². The van der Waals surface area contributed by atoms with Gasteiger partial charge in [-0.2, -0.15) is 0 Å². The summed E-state index contributed by atoms with van der Waals surface area (Å²) in [6.07, 6.45) is 0. The minimum absolute atomic E-state index is 0.226. The number of furan rings is 1. The van der Waals surface area contributed by atoms with Crippen LogP contribution in [0.25, 0.3) is 44.5 Å². The number of halogens is 1. The van der Waals surface area contributed by atoms with Gasteiger partial charge in [0.1, 0.15) is 16.8 Å². The molecule has 2 aromatic heterocycles. The van der Waals surface area contributed by atoms with Crippen molar-refractivity contribution in [3.05, 3.63) is 83.9 Å². The molecular formula is C23H14ClNO2. The molecule has 0 aliphatic heterocycles. The van der Waals surface area contributed by atoms with Crippen molar-refractivity contribution in [3.63, 3.8) is 0 Å². The van der Waals surface area contributed by atoms with Crippen LogP contribution in [0.5, 0.6) is 5.75 Å². The van der Waals surface area contributed by atoms with E-state index in [1.54, 1.807) is 12.1 Å². The molecule has 1 N–H and O–H groups in total. The number of rotatable bonds is 2. The molecule has 4 heteroatoms. The van der Waals surface area contributed by atoms with E-state index in [1.807, 2.05) is 66.7 Å². The Balaban J connectivity index is 1.87. The number of phenols is 1. The highest BCUT2D eigenvalue weighted by Crippen LogP contribution is 2.38. The Morgan fingerprint density at radius 1 is 0.815 bits per heavy atom. The first-order valence-electron chi connectivity index (χ1n) is 8.57. The van der Waals surface area contributed by atoms with E-state index in [2.05, 4.69) is 0 Å². The van der Waals surface area contributed by atoms with E-state index in [9.17, 15) is 5.11 Å². The Labute approximate surface area is 160 Å². The molecule has 130 valence electrons. The van der Waals surface area contributed by atoms with Crippen molar-refractivity contribution >= 4 is 33.7 Å². The number of hydrogen-bond donors (Lipinski definition) is 1. The maximum absolute atomic E-state index is 9.64. The quantitative estimate of drug-likeness (QED) is 0.376. The molecule has 0 spiro atoms. The van der Waals surface area contributed by atoms with Gasteiger partial charge in [-0.05, 0) is 48.0 Å². The van der Waals surface area contributed by atoms with E-state index in [-0.39, 0.29) is 5.75 Å². The highest BCUT2D eigenvalue weighted by atomic mass is 35.5. The lowest BCUT2D eigenvalue weighted by molar-refractivity contribution is 0.475. The lowest BCUT2D eigenvalue weighted by atomic mass is 10.0. The van der Waals surface area contributed by atoms with E-state index >= 15 is 0 Å². The Morgan fingerprint density at radius 2 is 1.63 bits per heavy atom. The van der Waals surface area contributed by atoms with Crippen LogP contribution >= 0.6 is 11.6 Å². The number of aromatic nitrogens is 1. The van der Waals surface area contributed by atoms with E-state index in [0.717, 1.165) is 44.5 Å². The molecule has 0 fully saturated rings. The number of aromatic hydroxyl groups is 1. The fourth-order valence-corrected chi connectivity index (χ4v) is 3.52. The number of phenolic OH excluding ortho intramolecular Hbond substituents is 1. The van der Waals surface area contributed by atoms with Crippen molar-refractivity contribution in [2.75, 3.05) is 0 Å². The standard InChI is InChI=1S/C23H14ClNO2/c24-16-5-3-4-15(12-16)20-13-19(14-8-10-17(26)11-9-14)23-22(25-20)18-6-1-2-7-21(18)27-23/h1-13,26H. The summed E-state index contributed by atoms with van der Waals surface area (Å²) in [6.45, 7) is 0. The molecule has 5 rings (SSSR count). The predicted molar refractivity (Wildman–Crippen MR) is 109 cm³/mol. The third kappa shape index (κ3) is 2.73. The molecule has 0 aliphatic carbocycles. The van der Waals surface area contributed by atoms with Crippen LogP contribution in [0.4, 0.5) is 0 Å². The van der Waals surface area contributed by atoms with Crippen LogP contribution in [0.3, 0.4) is 0 Å². The van der Waals surface area contributed by atoms with Gasteiger partial charge in [-0.1, -0.05) is 48.0 Å². The summed E-state index contributed by atoms with van der Waals surface area (Å²) in [4.78, 5) is 4.88. The second kappa shape index (κ2) is 6.15. The molecule has 0 amide bonds. The summed E-state index contributed by atoms with van der Waals surface area (Å²) in [5, 5.41) is 11.3. The highest BCUT2D eigenvalue weighted by molar-refractivity contribution is 6.30. The monoisotopic (exact) mass is 371 g/mol. The summed E-state index contributed by atoms with van der Waals surface area (Å²) < 4.78 is 6.13. The van der Waals surface area contributed by atoms with Gasteiger partial charge in [0.15, 0.2) is 5.58 Å². The van der Waals surface area contributed by atoms with Crippen LogP contribution in [0, 0.1) is 0 Å². The summed E-state index contributed by atoms with van der Waals surface area (Å²) in [5.74, 6) is 0.226. The first kappa shape index (κ1) is 15.9. The molecule has 0 radical (unpaired) electrons. The SMILES string of the molecule is Oc1ccc(-c2cc(-c3cccc(Cl)c3)nc3c2oc2ccccc23)cc1. The van der Waals surface area contributed by atoms with Crippen molar-refractivity contribution in [2.24, 2.45) is 0 Å². The zero-order valence-electron chi connectivity index (χ0n) is 14.2. The number of pyridine rings is 1. The van der Waals surface area contributed by atoms with Gasteiger partial charge in [-0.15, -0.1) is 0 Å². The van der Waals surface area contributed by atoms with Crippen molar-refractivity contribution < 1.29 is 9.52 Å². The first-order valence-corrected chi connectivity index (χ1v) is 8.94. The maximum Gasteiger partial charge on any atom is 0.161 e. The van der Waals surface area contributed by atoms with Gasteiger partial charge in [-0.25, -0.2) is 4.98 Å². The molecule has 0 saturated heterocycles. The minimum Gasteiger partial charge on any atom is -0.508 e. The van der Waals surface area contributed by atoms with Gasteiger partial charge < -0.3 is 9.52 Å². The van der Waals surface area contributed by atoms with Crippen LogP contribution in [-0.2, 0) is 0 Å². The Hall–Kier alpha value is -3.30. The molecule has 0 atom stereocenters. The largest absolute Gasteiger partial charge is 0.508 e. The second-order valence-corrected chi connectivity index (χ2v) is 6.82. The Kier molecular flexibility index (Phi) is 3.62. The Bertz CT molecular complexity index is 1290. The third-order valence-electron chi connectivity index (χ3n) is 4.63. The molecular weight excluding hydrogens is 358 g/mol. The van der Waals surface area contributed by atoms with Crippen molar-refractivity contribution in [1.29, 1.82) is 0 Å². The van der Waals surface area contributed by atoms with Crippen LogP contribution in [-0.4, -0.2) is 10.1 Å². The normalized spacial score (nSPS) is 11.3. The second-order valence-electron chi connectivity index (χ2n) is 6.39.